The summed E-state index contributed by atoms with van der Waals surface area (Å²) in [5.74, 6) is -0.928. The number of nitrogens with one attached hydrogen (secondary N) is 1. The molecule has 0 radical (unpaired) electrons. The minimum absolute atomic E-state index is 0.0220. The van der Waals surface area contributed by atoms with Crippen molar-refractivity contribution < 1.29 is 26.7 Å². The topological polar surface area (TPSA) is 41.2 Å². The molecule has 0 aromatic heterocycles. The van der Waals surface area contributed by atoms with Crippen molar-refractivity contribution in [2.24, 2.45) is 11.0 Å². The molecule has 198 valence electrons. The van der Waals surface area contributed by atoms with E-state index in [9.17, 15) is 22.0 Å². The Hall–Kier alpha value is -4.13. The first-order chi connectivity index (χ1) is 18.2. The summed E-state index contributed by atoms with van der Waals surface area (Å²) < 4.78 is 68.8. The highest BCUT2D eigenvalue weighted by Gasteiger charge is 2.32. The summed E-state index contributed by atoms with van der Waals surface area (Å²) in [6.45, 7) is 8.40. The molecule has 1 aliphatic heterocycles. The first-order valence-electron chi connectivity index (χ1n) is 12.0. The molecular weight excluding hydrogens is 503 g/mol. The van der Waals surface area contributed by atoms with Crippen LogP contribution in [0.5, 0.6) is 5.75 Å². The highest BCUT2D eigenvalue weighted by atomic mass is 19.4. The normalized spacial score (nSPS) is 16.6. The molecule has 1 saturated heterocycles. The van der Waals surface area contributed by atoms with Crippen LogP contribution < -0.4 is 10.1 Å². The van der Waals surface area contributed by atoms with E-state index in [1.54, 1.807) is 24.3 Å². The Balaban J connectivity index is 1.59. The monoisotopic (exact) mass is 528 g/mol. The predicted molar refractivity (Wildman–Crippen MR) is 134 cm³/mol. The summed E-state index contributed by atoms with van der Waals surface area (Å²) in [6.07, 6.45) is -2.23. The molecule has 4 rings (SSSR count). The van der Waals surface area contributed by atoms with Gasteiger partial charge in [-0.2, -0.15) is 6.57 Å². The van der Waals surface area contributed by atoms with Gasteiger partial charge in [0.15, 0.2) is 0 Å². The van der Waals surface area contributed by atoms with E-state index in [1.165, 1.54) is 48.5 Å². The number of ether oxygens (including phenoxy) is 1. The molecule has 0 bridgehead atoms. The van der Waals surface area contributed by atoms with Crippen LogP contribution in [0.1, 0.15) is 36.3 Å². The van der Waals surface area contributed by atoms with Gasteiger partial charge in [-0.15, -0.1) is 18.1 Å². The Morgan fingerprint density at radius 2 is 1.50 bits per heavy atom. The number of hydrogen-bond acceptors (Lipinski definition) is 2. The molecule has 1 unspecified atom stereocenters. The van der Waals surface area contributed by atoms with Gasteiger partial charge in [0.2, 0.25) is 0 Å². The molecule has 1 N–H and O–H groups in total. The molecule has 3 aromatic rings. The molecule has 10 heteroatoms. The molecule has 0 saturated carbocycles. The molecule has 5 nitrogen and oxygen atoms in total. The maximum Gasteiger partial charge on any atom is 0.573 e. The second-order valence-electron chi connectivity index (χ2n) is 9.00. The lowest BCUT2D eigenvalue weighted by Gasteiger charge is -2.32. The molecule has 1 aliphatic rings. The van der Waals surface area contributed by atoms with E-state index in [-0.39, 0.29) is 35.2 Å². The molecule has 38 heavy (non-hydrogen) atoms. The summed E-state index contributed by atoms with van der Waals surface area (Å²) in [6, 6.07) is 17.7. The average molecular weight is 529 g/mol. The molecule has 1 atom stereocenters. The second kappa shape index (κ2) is 11.9. The van der Waals surface area contributed by atoms with Crippen LogP contribution in [0.15, 0.2) is 77.9 Å². The van der Waals surface area contributed by atoms with E-state index < -0.39 is 6.36 Å². The molecule has 1 heterocycles. The van der Waals surface area contributed by atoms with Crippen molar-refractivity contribution in [1.29, 1.82) is 0 Å². The summed E-state index contributed by atoms with van der Waals surface area (Å²) in [4.78, 5) is 5.13. The van der Waals surface area contributed by atoms with Crippen molar-refractivity contribution >= 4 is 11.6 Å². The standard InChI is InChI=1S/C28H25F5N4O/c1-34-36-27(35-24-13-15-25(16-14-24)38-28(31,32)33)37-17-3-2-4-21(18-37)26(19-5-9-22(29)10-6-19)20-7-11-23(30)12-8-20/h5-16,21,26H,2-4,17-18H2,(H,35,36). The first kappa shape index (κ1) is 26.9. The number of nitrogens with zero attached hydrogens (tertiary/aromatic N) is 3. The maximum absolute atomic E-state index is 13.7. The molecule has 3 aromatic carbocycles. The van der Waals surface area contributed by atoms with Gasteiger partial charge in [-0.05, 0) is 78.4 Å². The summed E-state index contributed by atoms with van der Waals surface area (Å²) >= 11 is 0. The van der Waals surface area contributed by atoms with Crippen molar-refractivity contribution in [1.82, 2.24) is 4.90 Å². The smallest absolute Gasteiger partial charge is 0.406 e. The minimum Gasteiger partial charge on any atom is -0.406 e. The number of likely N-dealkylation sites (tertiary alicyclic amines) is 1. The summed E-state index contributed by atoms with van der Waals surface area (Å²) in [7, 11) is 0. The van der Waals surface area contributed by atoms with E-state index >= 15 is 0 Å². The summed E-state index contributed by atoms with van der Waals surface area (Å²) in [5, 5.41) is 6.99. The van der Waals surface area contributed by atoms with Crippen molar-refractivity contribution in [3.05, 3.63) is 107 Å². The Labute approximate surface area is 217 Å². The van der Waals surface area contributed by atoms with Crippen LogP contribution in [0.2, 0.25) is 0 Å². The largest absolute Gasteiger partial charge is 0.573 e. The third-order valence-corrected chi connectivity index (χ3v) is 6.43. The maximum atomic E-state index is 13.7. The van der Waals surface area contributed by atoms with E-state index in [0.717, 1.165) is 30.4 Å². The third kappa shape index (κ3) is 7.22. The van der Waals surface area contributed by atoms with Gasteiger partial charge in [-0.1, -0.05) is 30.7 Å². The number of alkyl halides is 3. The average Bonchev–Trinajstić information content (AvgIpc) is 3.13. The number of halogens is 5. The van der Waals surface area contributed by atoms with Crippen LogP contribution in [0.25, 0.3) is 4.95 Å². The zero-order chi connectivity index (χ0) is 27.1. The third-order valence-electron chi connectivity index (χ3n) is 6.43. The highest BCUT2D eigenvalue weighted by Crippen LogP contribution is 2.37. The molecule has 0 aliphatic carbocycles. The van der Waals surface area contributed by atoms with Crippen LogP contribution in [0, 0.1) is 24.1 Å². The van der Waals surface area contributed by atoms with Crippen LogP contribution in [0.3, 0.4) is 0 Å². The number of guanidine groups is 1. The lowest BCUT2D eigenvalue weighted by Crippen LogP contribution is -2.40. The Kier molecular flexibility index (Phi) is 8.46. The number of rotatable bonds is 5. The molecule has 0 spiro atoms. The summed E-state index contributed by atoms with van der Waals surface area (Å²) in [5.41, 5.74) is 2.22. The fraction of sp³-hybridized carbons (Fsp3) is 0.286. The number of anilines is 1. The Morgan fingerprint density at radius 3 is 2.03 bits per heavy atom. The van der Waals surface area contributed by atoms with E-state index in [4.69, 9.17) is 6.57 Å². The fourth-order valence-electron chi connectivity index (χ4n) is 4.80. The fourth-order valence-corrected chi connectivity index (χ4v) is 4.80. The van der Waals surface area contributed by atoms with Gasteiger partial charge in [-0.25, -0.2) is 8.78 Å². The molecule has 1 fully saturated rings. The predicted octanol–water partition coefficient (Wildman–Crippen LogP) is 7.40. The van der Waals surface area contributed by atoms with Gasteiger partial charge in [0.25, 0.3) is 5.96 Å². The zero-order valence-electron chi connectivity index (χ0n) is 20.3. The van der Waals surface area contributed by atoms with Crippen LogP contribution >= 0.6 is 0 Å². The zero-order valence-corrected chi connectivity index (χ0v) is 20.3. The lowest BCUT2D eigenvalue weighted by atomic mass is 9.78. The SMILES string of the molecule is [C-]#[N+]/N=C(/Nc1ccc(OC(F)(F)F)cc1)N1CCCCC(C(c2ccc(F)cc2)c2ccc(F)cc2)C1. The van der Waals surface area contributed by atoms with Gasteiger partial charge in [-0.3, -0.25) is 0 Å². The molecule has 0 amide bonds. The van der Waals surface area contributed by atoms with Crippen molar-refractivity contribution in [2.45, 2.75) is 31.5 Å². The Morgan fingerprint density at radius 1 is 0.921 bits per heavy atom. The minimum atomic E-state index is -4.79. The quantitative estimate of drug-likeness (QED) is 0.123. The van der Waals surface area contributed by atoms with Gasteiger partial charge >= 0.3 is 6.36 Å². The van der Waals surface area contributed by atoms with Gasteiger partial charge in [0, 0.05) is 24.7 Å². The van der Waals surface area contributed by atoms with E-state index in [2.05, 4.69) is 20.1 Å². The van der Waals surface area contributed by atoms with Crippen molar-refractivity contribution in [3.8, 4) is 5.75 Å². The molecular formula is C28H25F5N4O. The van der Waals surface area contributed by atoms with Gasteiger partial charge in [0.05, 0.1) is 0 Å². The Bertz CT molecular complexity index is 1220. The highest BCUT2D eigenvalue weighted by molar-refractivity contribution is 5.94. The van der Waals surface area contributed by atoms with Crippen molar-refractivity contribution in [3.63, 3.8) is 0 Å². The van der Waals surface area contributed by atoms with E-state index in [0.29, 0.717) is 18.8 Å². The van der Waals surface area contributed by atoms with Crippen LogP contribution in [0.4, 0.5) is 27.6 Å². The van der Waals surface area contributed by atoms with Crippen LogP contribution in [-0.2, 0) is 0 Å². The van der Waals surface area contributed by atoms with Crippen LogP contribution in [-0.4, -0.2) is 30.3 Å². The number of benzene rings is 3. The second-order valence-corrected chi connectivity index (χ2v) is 9.00. The number of hydrogen-bond donors (Lipinski definition) is 1. The van der Waals surface area contributed by atoms with Gasteiger partial charge < -0.3 is 15.0 Å². The van der Waals surface area contributed by atoms with Crippen molar-refractivity contribution in [2.75, 3.05) is 18.4 Å². The lowest BCUT2D eigenvalue weighted by molar-refractivity contribution is -0.274. The van der Waals surface area contributed by atoms with Gasteiger partial charge in [0.1, 0.15) is 22.5 Å². The first-order valence-corrected chi connectivity index (χ1v) is 12.0. The van der Waals surface area contributed by atoms with E-state index in [1.807, 2.05) is 4.90 Å².